The van der Waals surface area contributed by atoms with Crippen molar-refractivity contribution in [3.63, 3.8) is 0 Å². The Morgan fingerprint density at radius 2 is 2.53 bits per heavy atom. The molecule has 1 aromatic rings. The average Bonchev–Trinajstić information content (AvgIpc) is 2.69. The Kier molecular flexibility index (Phi) is 3.59. The normalized spacial score (nSPS) is 20.5. The Morgan fingerprint density at radius 1 is 1.67 bits per heavy atom. The van der Waals surface area contributed by atoms with Crippen molar-refractivity contribution < 1.29 is 4.74 Å². The van der Waals surface area contributed by atoms with E-state index >= 15 is 0 Å². The molecule has 1 aromatic heterocycles. The largest absolute Gasteiger partial charge is 0.381 e. The van der Waals surface area contributed by atoms with Gasteiger partial charge in [-0.05, 0) is 40.9 Å². The van der Waals surface area contributed by atoms with Crippen molar-refractivity contribution >= 4 is 21.7 Å². The minimum absolute atomic E-state index is 0.625. The standard InChI is InChI=1S/C11H15BrN2O/c1-8-4-10(12)11(13-5-8)14-6-9-2-3-15-7-9/h4-5,9H,2-3,6-7H2,1H3,(H,13,14). The van der Waals surface area contributed by atoms with E-state index in [1.807, 2.05) is 13.1 Å². The molecule has 0 radical (unpaired) electrons. The predicted octanol–water partition coefficient (Wildman–Crippen LogP) is 2.60. The maximum Gasteiger partial charge on any atom is 0.140 e. The van der Waals surface area contributed by atoms with Crippen LogP contribution in [0.5, 0.6) is 0 Å². The highest BCUT2D eigenvalue weighted by Crippen LogP contribution is 2.21. The van der Waals surface area contributed by atoms with Gasteiger partial charge >= 0.3 is 0 Å². The molecule has 4 heteroatoms. The van der Waals surface area contributed by atoms with Crippen LogP contribution < -0.4 is 5.32 Å². The highest BCUT2D eigenvalue weighted by atomic mass is 79.9. The molecular formula is C11H15BrN2O. The van der Waals surface area contributed by atoms with Crippen molar-refractivity contribution in [2.75, 3.05) is 25.1 Å². The lowest BCUT2D eigenvalue weighted by Gasteiger charge is -2.11. The van der Waals surface area contributed by atoms with Gasteiger partial charge in [0.15, 0.2) is 0 Å². The molecule has 0 amide bonds. The minimum atomic E-state index is 0.625. The number of pyridine rings is 1. The van der Waals surface area contributed by atoms with E-state index in [0.717, 1.165) is 42.0 Å². The van der Waals surface area contributed by atoms with E-state index in [9.17, 15) is 0 Å². The summed E-state index contributed by atoms with van der Waals surface area (Å²) in [6.45, 7) is 4.74. The van der Waals surface area contributed by atoms with Gasteiger partial charge in [-0.3, -0.25) is 0 Å². The summed E-state index contributed by atoms with van der Waals surface area (Å²) in [6.07, 6.45) is 3.02. The van der Waals surface area contributed by atoms with Crippen LogP contribution in [0.4, 0.5) is 5.82 Å². The van der Waals surface area contributed by atoms with E-state index in [1.54, 1.807) is 0 Å². The van der Waals surface area contributed by atoms with Crippen molar-refractivity contribution in [1.82, 2.24) is 4.98 Å². The lowest BCUT2D eigenvalue weighted by atomic mass is 10.1. The van der Waals surface area contributed by atoms with Gasteiger partial charge in [0.05, 0.1) is 11.1 Å². The van der Waals surface area contributed by atoms with Crippen LogP contribution in [0.1, 0.15) is 12.0 Å². The molecule has 1 aliphatic rings. The van der Waals surface area contributed by atoms with Crippen molar-refractivity contribution in [1.29, 1.82) is 0 Å². The highest BCUT2D eigenvalue weighted by molar-refractivity contribution is 9.10. The van der Waals surface area contributed by atoms with E-state index in [1.165, 1.54) is 0 Å². The topological polar surface area (TPSA) is 34.2 Å². The fourth-order valence-electron chi connectivity index (χ4n) is 1.65. The number of nitrogens with zero attached hydrogens (tertiary/aromatic N) is 1. The molecule has 1 N–H and O–H groups in total. The van der Waals surface area contributed by atoms with Crippen LogP contribution in [0.3, 0.4) is 0 Å². The van der Waals surface area contributed by atoms with Gasteiger partial charge in [0.25, 0.3) is 0 Å². The molecule has 0 bridgehead atoms. The van der Waals surface area contributed by atoms with Crippen molar-refractivity contribution in [3.8, 4) is 0 Å². The Bertz CT molecular complexity index is 337. The Hall–Kier alpha value is -0.610. The molecule has 0 aromatic carbocycles. The van der Waals surface area contributed by atoms with E-state index in [0.29, 0.717) is 5.92 Å². The monoisotopic (exact) mass is 270 g/mol. The molecular weight excluding hydrogens is 256 g/mol. The first-order chi connectivity index (χ1) is 7.25. The first-order valence-corrected chi connectivity index (χ1v) is 5.99. The molecule has 0 spiro atoms. The number of hydrogen-bond donors (Lipinski definition) is 1. The molecule has 15 heavy (non-hydrogen) atoms. The fraction of sp³-hybridized carbons (Fsp3) is 0.545. The molecule has 2 heterocycles. The van der Waals surface area contributed by atoms with Gasteiger partial charge in [0, 0.05) is 25.3 Å². The lowest BCUT2D eigenvalue weighted by Crippen LogP contribution is -2.15. The summed E-state index contributed by atoms with van der Waals surface area (Å²) in [5.74, 6) is 1.55. The quantitative estimate of drug-likeness (QED) is 0.917. The molecule has 1 atom stereocenters. The molecule has 0 aliphatic carbocycles. The molecule has 2 rings (SSSR count). The zero-order chi connectivity index (χ0) is 10.7. The second-order valence-electron chi connectivity index (χ2n) is 3.95. The maximum atomic E-state index is 5.32. The number of anilines is 1. The number of halogens is 1. The smallest absolute Gasteiger partial charge is 0.140 e. The van der Waals surface area contributed by atoms with Crippen molar-refractivity contribution in [2.24, 2.45) is 5.92 Å². The van der Waals surface area contributed by atoms with Gasteiger partial charge in [-0.25, -0.2) is 4.98 Å². The first-order valence-electron chi connectivity index (χ1n) is 5.19. The maximum absolute atomic E-state index is 5.32. The summed E-state index contributed by atoms with van der Waals surface area (Å²) in [4.78, 5) is 4.34. The van der Waals surface area contributed by atoms with Gasteiger partial charge < -0.3 is 10.1 Å². The third kappa shape index (κ3) is 2.92. The van der Waals surface area contributed by atoms with E-state index < -0.39 is 0 Å². The second-order valence-corrected chi connectivity index (χ2v) is 4.81. The Balaban J connectivity index is 1.92. The van der Waals surface area contributed by atoms with Crippen molar-refractivity contribution in [3.05, 3.63) is 22.3 Å². The number of ether oxygens (including phenoxy) is 1. The van der Waals surface area contributed by atoms with Gasteiger partial charge in [-0.2, -0.15) is 0 Å². The second kappa shape index (κ2) is 4.94. The summed E-state index contributed by atoms with van der Waals surface area (Å²) >= 11 is 3.50. The highest BCUT2D eigenvalue weighted by Gasteiger charge is 2.15. The molecule has 82 valence electrons. The first kappa shape index (κ1) is 10.9. The van der Waals surface area contributed by atoms with Crippen LogP contribution >= 0.6 is 15.9 Å². The van der Waals surface area contributed by atoms with Gasteiger partial charge in [0.1, 0.15) is 5.82 Å². The molecule has 1 saturated heterocycles. The van der Waals surface area contributed by atoms with Crippen LogP contribution in [0, 0.1) is 12.8 Å². The van der Waals surface area contributed by atoms with E-state index in [2.05, 4.69) is 32.3 Å². The number of nitrogens with one attached hydrogen (secondary N) is 1. The zero-order valence-corrected chi connectivity index (χ0v) is 10.4. The van der Waals surface area contributed by atoms with Gasteiger partial charge in [-0.1, -0.05) is 0 Å². The van der Waals surface area contributed by atoms with Crippen LogP contribution in [0.25, 0.3) is 0 Å². The third-order valence-corrected chi connectivity index (χ3v) is 3.16. The molecule has 3 nitrogen and oxygen atoms in total. The summed E-state index contributed by atoms with van der Waals surface area (Å²) in [5.41, 5.74) is 1.16. The summed E-state index contributed by atoms with van der Waals surface area (Å²) in [5, 5.41) is 3.34. The minimum Gasteiger partial charge on any atom is -0.381 e. The van der Waals surface area contributed by atoms with Crippen LogP contribution in [-0.4, -0.2) is 24.7 Å². The SMILES string of the molecule is Cc1cnc(NCC2CCOC2)c(Br)c1. The molecule has 1 fully saturated rings. The van der Waals surface area contributed by atoms with E-state index in [4.69, 9.17) is 4.74 Å². The van der Waals surface area contributed by atoms with Crippen molar-refractivity contribution in [2.45, 2.75) is 13.3 Å². The number of aryl methyl sites for hydroxylation is 1. The summed E-state index contributed by atoms with van der Waals surface area (Å²) in [6, 6.07) is 2.07. The van der Waals surface area contributed by atoms with Crippen LogP contribution in [-0.2, 0) is 4.74 Å². The molecule has 1 unspecified atom stereocenters. The molecule has 1 aliphatic heterocycles. The average molecular weight is 271 g/mol. The third-order valence-electron chi connectivity index (χ3n) is 2.56. The number of aromatic nitrogens is 1. The van der Waals surface area contributed by atoms with Crippen LogP contribution in [0.15, 0.2) is 16.7 Å². The summed E-state index contributed by atoms with van der Waals surface area (Å²) < 4.78 is 6.35. The van der Waals surface area contributed by atoms with Gasteiger partial charge in [0.2, 0.25) is 0 Å². The van der Waals surface area contributed by atoms with Crippen LogP contribution in [0.2, 0.25) is 0 Å². The molecule has 0 saturated carbocycles. The Labute approximate surface area is 98.4 Å². The summed E-state index contributed by atoms with van der Waals surface area (Å²) in [7, 11) is 0. The zero-order valence-electron chi connectivity index (χ0n) is 8.79. The van der Waals surface area contributed by atoms with E-state index in [-0.39, 0.29) is 0 Å². The lowest BCUT2D eigenvalue weighted by molar-refractivity contribution is 0.187. The predicted molar refractivity (Wildman–Crippen MR) is 64.1 cm³/mol. The number of rotatable bonds is 3. The number of hydrogen-bond acceptors (Lipinski definition) is 3. The fourth-order valence-corrected chi connectivity index (χ4v) is 2.25. The van der Waals surface area contributed by atoms with Gasteiger partial charge in [-0.15, -0.1) is 0 Å². The Morgan fingerprint density at radius 3 is 3.20 bits per heavy atom.